The van der Waals surface area contributed by atoms with E-state index in [0.29, 0.717) is 0 Å². The van der Waals surface area contributed by atoms with Crippen LogP contribution in [0.25, 0.3) is 0 Å². The second-order valence-corrected chi connectivity index (χ2v) is 2.05. The molecule has 0 nitrogen and oxygen atoms in total. The fraction of sp³-hybridized carbons (Fsp3) is 0.100. The summed E-state index contributed by atoms with van der Waals surface area (Å²) in [6, 6.07) is 0. The van der Waals surface area contributed by atoms with E-state index in [1.165, 1.54) is 0 Å². The first-order valence-electron chi connectivity index (χ1n) is 3.48. The Kier molecular flexibility index (Phi) is 3.40. The fourth-order valence-electron chi connectivity index (χ4n) is 0.714. The summed E-state index contributed by atoms with van der Waals surface area (Å²) in [7, 11) is 0. The summed E-state index contributed by atoms with van der Waals surface area (Å²) in [5.41, 5.74) is 0. The van der Waals surface area contributed by atoms with Gasteiger partial charge in [0, 0.05) is 6.42 Å². The molecular weight excluding hydrogens is 120 g/mol. The van der Waals surface area contributed by atoms with Gasteiger partial charge < -0.3 is 0 Å². The van der Waals surface area contributed by atoms with Crippen molar-refractivity contribution >= 4 is 0 Å². The van der Waals surface area contributed by atoms with Crippen molar-refractivity contribution in [3.63, 3.8) is 0 Å². The monoisotopic (exact) mass is 131 g/mol. The lowest BCUT2D eigenvalue weighted by atomic mass is 10.2. The van der Waals surface area contributed by atoms with Crippen molar-refractivity contribution in [1.82, 2.24) is 0 Å². The molecule has 51 valence electrons. The molecule has 0 heteroatoms. The molecule has 0 heterocycles. The third-order valence-corrected chi connectivity index (χ3v) is 1.21. The lowest BCUT2D eigenvalue weighted by Crippen LogP contribution is -1.63. The van der Waals surface area contributed by atoms with E-state index in [2.05, 4.69) is 24.3 Å². The van der Waals surface area contributed by atoms with Gasteiger partial charge in [-0.3, -0.25) is 0 Å². The van der Waals surface area contributed by atoms with Gasteiger partial charge in [-0.15, -0.1) is 0 Å². The molecule has 0 amide bonds. The summed E-state index contributed by atoms with van der Waals surface area (Å²) < 4.78 is 0. The third-order valence-electron chi connectivity index (χ3n) is 1.21. The smallest absolute Gasteiger partial charge is 0.00506 e. The fourth-order valence-corrected chi connectivity index (χ4v) is 0.714. The van der Waals surface area contributed by atoms with Gasteiger partial charge in [-0.25, -0.2) is 0 Å². The number of allylic oxidation sites excluding steroid dienone is 8. The van der Waals surface area contributed by atoms with Crippen LogP contribution in [0.4, 0.5) is 0 Å². The number of hydrogen-bond donors (Lipinski definition) is 0. The molecule has 0 saturated carbocycles. The van der Waals surface area contributed by atoms with E-state index in [-0.39, 0.29) is 0 Å². The molecule has 0 aromatic carbocycles. The van der Waals surface area contributed by atoms with Crippen LogP contribution >= 0.6 is 0 Å². The summed E-state index contributed by atoms with van der Waals surface area (Å²) in [5.74, 6) is 0. The Labute approximate surface area is 62.3 Å². The molecule has 0 atom stereocenters. The molecule has 0 saturated heterocycles. The van der Waals surface area contributed by atoms with Gasteiger partial charge in [0.25, 0.3) is 0 Å². The Hall–Kier alpha value is -1.04. The predicted molar refractivity (Wildman–Crippen MR) is 45.5 cm³/mol. The Morgan fingerprint density at radius 1 is 0.600 bits per heavy atom. The van der Waals surface area contributed by atoms with Crippen molar-refractivity contribution < 1.29 is 0 Å². The molecule has 10 heavy (non-hydrogen) atoms. The molecule has 1 rings (SSSR count). The number of rotatable bonds is 0. The number of hydrogen-bond acceptors (Lipinski definition) is 0. The van der Waals surface area contributed by atoms with Crippen LogP contribution < -0.4 is 0 Å². The first kappa shape index (κ1) is 7.07. The van der Waals surface area contributed by atoms with Crippen molar-refractivity contribution in [1.29, 1.82) is 0 Å². The van der Waals surface area contributed by atoms with Crippen molar-refractivity contribution in [3.8, 4) is 0 Å². The van der Waals surface area contributed by atoms with Crippen LogP contribution in [0.1, 0.15) is 6.42 Å². The summed E-state index contributed by atoms with van der Waals surface area (Å²) in [5, 5.41) is 0. The molecule has 0 N–H and O–H groups in total. The highest BCUT2D eigenvalue weighted by Crippen LogP contribution is 1.93. The second-order valence-electron chi connectivity index (χ2n) is 2.05. The zero-order chi connectivity index (χ0) is 7.07. The zero-order valence-corrected chi connectivity index (χ0v) is 5.90. The van der Waals surface area contributed by atoms with Crippen LogP contribution in [0.15, 0.2) is 48.6 Å². The van der Waals surface area contributed by atoms with Crippen LogP contribution in [-0.2, 0) is 0 Å². The van der Waals surface area contributed by atoms with Crippen molar-refractivity contribution in [2.24, 2.45) is 0 Å². The normalized spacial score (nSPS) is 30.4. The van der Waals surface area contributed by atoms with Gasteiger partial charge in [-0.2, -0.15) is 0 Å². The minimum Gasteiger partial charge on any atom is -0.0808 e. The van der Waals surface area contributed by atoms with E-state index in [0.717, 1.165) is 6.42 Å². The maximum atomic E-state index is 2.12. The highest BCUT2D eigenvalue weighted by molar-refractivity contribution is 5.19. The van der Waals surface area contributed by atoms with Crippen LogP contribution in [0, 0.1) is 6.42 Å². The topological polar surface area (TPSA) is 0 Å². The lowest BCUT2D eigenvalue weighted by molar-refractivity contribution is 1.39. The van der Waals surface area contributed by atoms with Gasteiger partial charge in [0.2, 0.25) is 0 Å². The van der Waals surface area contributed by atoms with Gasteiger partial charge in [0.1, 0.15) is 0 Å². The second kappa shape index (κ2) is 4.80. The van der Waals surface area contributed by atoms with Crippen LogP contribution in [0.5, 0.6) is 0 Å². The summed E-state index contributed by atoms with van der Waals surface area (Å²) >= 11 is 0. The molecule has 0 bridgehead atoms. The SMILES string of the molecule is [CH]1/C=C\C=C/C/C=C\C=C/1. The molecule has 1 radical (unpaired) electrons. The van der Waals surface area contributed by atoms with E-state index < -0.39 is 0 Å². The van der Waals surface area contributed by atoms with Gasteiger partial charge in [0.05, 0.1) is 0 Å². The maximum absolute atomic E-state index is 2.12. The van der Waals surface area contributed by atoms with E-state index >= 15 is 0 Å². The average Bonchev–Trinajstić information content (AvgIpc) is 2.01. The summed E-state index contributed by atoms with van der Waals surface area (Å²) in [6.07, 6.45) is 19.5. The summed E-state index contributed by atoms with van der Waals surface area (Å²) in [6.45, 7) is 0. The Balaban J connectivity index is 2.50. The van der Waals surface area contributed by atoms with Gasteiger partial charge in [-0.05, 0) is 6.42 Å². The molecule has 0 aliphatic heterocycles. The lowest BCUT2D eigenvalue weighted by Gasteiger charge is -1.83. The quantitative estimate of drug-likeness (QED) is 0.474. The average molecular weight is 131 g/mol. The molecule has 0 spiro atoms. The van der Waals surface area contributed by atoms with E-state index in [1.54, 1.807) is 0 Å². The maximum Gasteiger partial charge on any atom is 0.00506 e. The Morgan fingerprint density at radius 3 is 1.80 bits per heavy atom. The molecule has 0 fully saturated rings. The first-order valence-corrected chi connectivity index (χ1v) is 3.48. The minimum absolute atomic E-state index is 1.02. The van der Waals surface area contributed by atoms with Crippen molar-refractivity contribution in [2.75, 3.05) is 0 Å². The molecule has 0 aromatic heterocycles. The molecular formula is C10H11. The molecule has 1 aliphatic rings. The Bertz CT molecular complexity index is 138. The molecule has 0 unspecified atom stereocenters. The van der Waals surface area contributed by atoms with E-state index in [1.807, 2.05) is 30.7 Å². The van der Waals surface area contributed by atoms with Crippen LogP contribution in [0.2, 0.25) is 0 Å². The first-order chi connectivity index (χ1) is 5.00. The van der Waals surface area contributed by atoms with Crippen molar-refractivity contribution in [2.45, 2.75) is 6.42 Å². The van der Waals surface area contributed by atoms with Gasteiger partial charge in [-0.1, -0.05) is 48.6 Å². The van der Waals surface area contributed by atoms with Crippen molar-refractivity contribution in [3.05, 3.63) is 55.0 Å². The predicted octanol–water partition coefficient (Wildman–Crippen LogP) is 2.82. The van der Waals surface area contributed by atoms with Crippen LogP contribution in [-0.4, -0.2) is 0 Å². The Morgan fingerprint density at radius 2 is 1.20 bits per heavy atom. The largest absolute Gasteiger partial charge is 0.0808 e. The van der Waals surface area contributed by atoms with Crippen LogP contribution in [0.3, 0.4) is 0 Å². The van der Waals surface area contributed by atoms with E-state index in [9.17, 15) is 0 Å². The zero-order valence-electron chi connectivity index (χ0n) is 5.90. The third kappa shape index (κ3) is 3.08. The summed E-state index contributed by atoms with van der Waals surface area (Å²) in [4.78, 5) is 0. The standard InChI is InChI=1S/C10H11/c1-2-4-6-8-10-9-7-5-3-1/h1-9H,10H2/b4-2-,5-3-,8-6-,9-7-. The van der Waals surface area contributed by atoms with Gasteiger partial charge >= 0.3 is 0 Å². The molecule has 1 aliphatic carbocycles. The molecule has 0 aromatic rings. The van der Waals surface area contributed by atoms with E-state index in [4.69, 9.17) is 0 Å². The minimum atomic E-state index is 1.02. The highest BCUT2D eigenvalue weighted by atomic mass is 13.8. The van der Waals surface area contributed by atoms with Gasteiger partial charge in [0.15, 0.2) is 0 Å². The highest BCUT2D eigenvalue weighted by Gasteiger charge is 1.73.